The molecule has 0 N–H and O–H groups in total. The molecule has 9 rings (SSSR count). The van der Waals surface area contributed by atoms with Crippen molar-refractivity contribution < 1.29 is 51.9 Å². The number of esters is 1. The van der Waals surface area contributed by atoms with Gasteiger partial charge in [0.25, 0.3) is 5.69 Å². The van der Waals surface area contributed by atoms with Crippen LogP contribution in [-0.4, -0.2) is 82.7 Å². The molecule has 1 unspecified atom stereocenters. The van der Waals surface area contributed by atoms with Crippen molar-refractivity contribution in [2.24, 2.45) is 5.10 Å². The minimum Gasteiger partial charge on any atom is -0.497 e. The molecule has 0 amide bonds. The molecule has 8 aromatic rings. The Labute approximate surface area is 595 Å². The van der Waals surface area contributed by atoms with E-state index in [2.05, 4.69) is 122 Å². The highest BCUT2D eigenvalue weighted by atomic mass is 32.5. The van der Waals surface area contributed by atoms with Gasteiger partial charge in [0.1, 0.15) is 41.1 Å². The molecule has 0 fully saturated rings. The third-order valence-electron chi connectivity index (χ3n) is 17.2. The lowest BCUT2D eigenvalue weighted by Crippen LogP contribution is -2.25. The van der Waals surface area contributed by atoms with Crippen molar-refractivity contribution in [3.63, 3.8) is 0 Å². The van der Waals surface area contributed by atoms with Crippen molar-refractivity contribution in [1.29, 1.82) is 0 Å². The first-order chi connectivity index (χ1) is 48.7. The van der Waals surface area contributed by atoms with E-state index in [0.29, 0.717) is 54.8 Å². The standard InChI is InChI=1S/C82H91N4O12PS/c1-9-13-47-82(48-14-10-2)77-55-64(21-19-62-23-31-68(32-24-62)85(49-15-11-3)50-16-12-4)29-45-75(77)76-46-30-65(56-78(76)82)22-20-63-25-35-70(36-26-63)92-51-17-52-93-71-37-41-73(42-38-71)97-99(100,84(6)83-59-66-27-33-69(90-7)34-28-66)98-74-43-39-72(40-44-74)94-53-18-54-95-81-58-79(86(88)89)67(57-80(81)91-8)60-96-61(5)87/h23-46,55-59H,9-18,47-54,60H2,1-8H3/b83-59-. The van der Waals surface area contributed by atoms with Crippen LogP contribution in [0.4, 0.5) is 11.4 Å². The SMILES string of the molecule is CCCCN(CCCC)c1ccc(C#Cc2ccc3c(c2)C(CCCC)(CCCC)c2cc(C#Cc4ccc(OCCCOc5ccc(OP(=S)(Oc6ccc(OCCCOc7cc([N+](=O)[O-])c(COC(C)=O)cc7OC)cc6)N(C)/N=C\c6ccc(OC)cc6)cc5)cc4)ccc2-3)cc1. The Balaban J connectivity index is 0.774. The summed E-state index contributed by atoms with van der Waals surface area (Å²) in [6, 6.07) is 54.8. The van der Waals surface area contributed by atoms with Crippen molar-refractivity contribution in [1.82, 2.24) is 4.78 Å². The molecule has 100 heavy (non-hydrogen) atoms. The minimum absolute atomic E-state index is 0.106. The second-order valence-electron chi connectivity index (χ2n) is 24.4. The summed E-state index contributed by atoms with van der Waals surface area (Å²) >= 11 is 6.18. The van der Waals surface area contributed by atoms with E-state index < -0.39 is 17.5 Å². The molecule has 522 valence electrons. The largest absolute Gasteiger partial charge is 0.497 e. The summed E-state index contributed by atoms with van der Waals surface area (Å²) in [5.41, 5.74) is 11.3. The van der Waals surface area contributed by atoms with Crippen LogP contribution in [0.15, 0.2) is 175 Å². The van der Waals surface area contributed by atoms with E-state index >= 15 is 0 Å². The van der Waals surface area contributed by atoms with E-state index in [0.717, 1.165) is 85.2 Å². The Hall–Kier alpha value is -9.93. The maximum Gasteiger partial charge on any atom is 0.410 e. The van der Waals surface area contributed by atoms with Gasteiger partial charge in [0.05, 0.1) is 63.4 Å². The van der Waals surface area contributed by atoms with Crippen LogP contribution < -0.4 is 42.4 Å². The fraction of sp³-hybridized carbons (Fsp3) is 0.341. The molecule has 16 nitrogen and oxygen atoms in total. The van der Waals surface area contributed by atoms with Crippen LogP contribution in [0.2, 0.25) is 0 Å². The van der Waals surface area contributed by atoms with Gasteiger partial charge in [-0.1, -0.05) is 102 Å². The zero-order chi connectivity index (χ0) is 70.7. The number of carbonyl (C=O) groups is 1. The zero-order valence-corrected chi connectivity index (χ0v) is 60.4. The van der Waals surface area contributed by atoms with E-state index in [1.54, 1.807) is 56.8 Å². The first-order valence-corrected chi connectivity index (χ1v) is 37.2. The second kappa shape index (κ2) is 37.3. The number of fused-ring (bicyclic) bond motifs is 3. The van der Waals surface area contributed by atoms with Gasteiger partial charge in [0.2, 0.25) is 0 Å². The molecule has 0 aromatic heterocycles. The van der Waals surface area contributed by atoms with Gasteiger partial charge in [0.15, 0.2) is 11.5 Å². The number of unbranched alkanes of at least 4 members (excludes halogenated alkanes) is 4. The number of anilines is 1. The van der Waals surface area contributed by atoms with Crippen LogP contribution in [0.5, 0.6) is 46.0 Å². The quantitative estimate of drug-likeness (QED) is 0.00687. The number of rotatable bonds is 37. The summed E-state index contributed by atoms with van der Waals surface area (Å²) in [6.45, 7) is 10.1. The molecule has 0 aliphatic heterocycles. The average Bonchev–Trinajstić information content (AvgIpc) is 1.56. The number of nitrogens with zero attached hydrogens (tertiary/aromatic N) is 4. The Morgan fingerprint density at radius 2 is 0.980 bits per heavy atom. The van der Waals surface area contributed by atoms with E-state index in [4.69, 9.17) is 54.0 Å². The minimum atomic E-state index is -3.40. The number of carbonyl (C=O) groups excluding carboxylic acids is 1. The van der Waals surface area contributed by atoms with Gasteiger partial charge in [-0.15, -0.1) is 0 Å². The molecule has 0 bridgehead atoms. The molecule has 0 spiro atoms. The van der Waals surface area contributed by atoms with Crippen LogP contribution in [0.25, 0.3) is 11.1 Å². The van der Waals surface area contributed by atoms with Gasteiger partial charge >= 0.3 is 12.6 Å². The Morgan fingerprint density at radius 1 is 0.540 bits per heavy atom. The number of benzene rings is 8. The third kappa shape index (κ3) is 20.6. The molecule has 1 aliphatic rings. The molecule has 0 saturated carbocycles. The van der Waals surface area contributed by atoms with Crippen molar-refractivity contribution in [2.75, 3.05) is 65.7 Å². The van der Waals surface area contributed by atoms with Gasteiger partial charge < -0.3 is 47.1 Å². The summed E-state index contributed by atoms with van der Waals surface area (Å²) in [4.78, 5) is 25.1. The Morgan fingerprint density at radius 3 is 1.44 bits per heavy atom. The van der Waals surface area contributed by atoms with E-state index in [1.165, 1.54) is 84.6 Å². The van der Waals surface area contributed by atoms with Crippen molar-refractivity contribution in [3.8, 4) is 80.8 Å². The maximum absolute atomic E-state index is 11.8. The van der Waals surface area contributed by atoms with E-state index in [1.807, 2.05) is 60.7 Å². The lowest BCUT2D eigenvalue weighted by molar-refractivity contribution is -0.385. The Kier molecular flexibility index (Phi) is 27.7. The molecular formula is C82H91N4O12PS. The van der Waals surface area contributed by atoms with Gasteiger partial charge in [-0.25, -0.2) is 4.78 Å². The summed E-state index contributed by atoms with van der Waals surface area (Å²) in [6.07, 6.45) is 14.2. The number of hydrogen-bond donors (Lipinski definition) is 0. The first-order valence-electron chi connectivity index (χ1n) is 34.6. The average molecular weight is 1390 g/mol. The van der Waals surface area contributed by atoms with E-state index in [9.17, 15) is 14.9 Å². The van der Waals surface area contributed by atoms with Crippen LogP contribution in [0.3, 0.4) is 0 Å². The lowest BCUT2D eigenvalue weighted by Gasteiger charge is -2.33. The van der Waals surface area contributed by atoms with Crippen LogP contribution >= 0.6 is 6.64 Å². The van der Waals surface area contributed by atoms with Gasteiger partial charge in [0, 0.05) is 85.1 Å². The fourth-order valence-electron chi connectivity index (χ4n) is 11.7. The molecule has 1 aliphatic carbocycles. The van der Waals surface area contributed by atoms with Crippen LogP contribution in [-0.2, 0) is 33.4 Å². The predicted octanol–water partition coefficient (Wildman–Crippen LogP) is 18.9. The topological polar surface area (TPSA) is 162 Å². The van der Waals surface area contributed by atoms with Crippen LogP contribution in [0, 0.1) is 33.8 Å². The molecule has 1 atom stereocenters. The number of nitro groups is 1. The molecule has 0 radical (unpaired) electrons. The highest BCUT2D eigenvalue weighted by Crippen LogP contribution is 2.55. The van der Waals surface area contributed by atoms with Gasteiger partial charge in [-0.3, -0.25) is 14.9 Å². The van der Waals surface area contributed by atoms with Crippen molar-refractivity contribution >= 4 is 42.0 Å². The number of methoxy groups -OCH3 is 2. The highest BCUT2D eigenvalue weighted by molar-refractivity contribution is 8.09. The van der Waals surface area contributed by atoms with E-state index in [-0.39, 0.29) is 48.0 Å². The molecule has 8 aromatic carbocycles. The molecule has 0 saturated heterocycles. The van der Waals surface area contributed by atoms with Crippen LogP contribution in [0.1, 0.15) is 156 Å². The zero-order valence-electron chi connectivity index (χ0n) is 58.7. The predicted molar refractivity (Wildman–Crippen MR) is 402 cm³/mol. The van der Waals surface area contributed by atoms with Gasteiger partial charge in [-0.05, 0) is 205 Å². The molecule has 18 heteroatoms. The summed E-state index contributed by atoms with van der Waals surface area (Å²) in [5.74, 6) is 17.5. The molecular weight excluding hydrogens is 1300 g/mol. The number of hydrogen-bond acceptors (Lipinski definition) is 15. The van der Waals surface area contributed by atoms with Crippen molar-refractivity contribution in [2.45, 2.75) is 124 Å². The number of hydrazone groups is 1. The Bertz CT molecular complexity index is 4190. The second-order valence-corrected chi connectivity index (χ2v) is 27.7. The lowest BCUT2D eigenvalue weighted by atomic mass is 9.70. The first kappa shape index (κ1) is 74.3. The number of nitro benzene ring substituents is 1. The smallest absolute Gasteiger partial charge is 0.410 e. The van der Waals surface area contributed by atoms with Gasteiger partial charge in [-0.2, -0.15) is 5.10 Å². The molecule has 0 heterocycles. The fourth-order valence-corrected chi connectivity index (χ4v) is 13.6. The summed E-state index contributed by atoms with van der Waals surface area (Å²) < 4.78 is 54.3. The normalized spacial score (nSPS) is 12.3. The third-order valence-corrected chi connectivity index (χ3v) is 20.0. The number of ether oxygens (including phenoxy) is 7. The highest BCUT2D eigenvalue weighted by Gasteiger charge is 2.42. The summed E-state index contributed by atoms with van der Waals surface area (Å²) in [7, 11) is 4.74. The maximum atomic E-state index is 11.8. The summed E-state index contributed by atoms with van der Waals surface area (Å²) in [5, 5.41) is 16.5. The van der Waals surface area contributed by atoms with Crippen molar-refractivity contribution in [3.05, 3.63) is 224 Å². The monoisotopic (exact) mass is 1390 g/mol.